The van der Waals surface area contributed by atoms with Crippen LogP contribution in [0.1, 0.15) is 68.5 Å². The molecule has 5 heteroatoms. The van der Waals surface area contributed by atoms with Crippen LogP contribution in [0, 0.1) is 5.92 Å². The van der Waals surface area contributed by atoms with E-state index in [-0.39, 0.29) is 17.9 Å². The molecule has 2 heterocycles. The molecule has 30 heavy (non-hydrogen) atoms. The number of amides is 2. The van der Waals surface area contributed by atoms with Crippen molar-refractivity contribution in [1.29, 1.82) is 0 Å². The average Bonchev–Trinajstić information content (AvgIpc) is 3.08. The third kappa shape index (κ3) is 4.88. The number of likely N-dealkylation sites (N-methyl/N-ethyl adjacent to an activating group) is 1. The van der Waals surface area contributed by atoms with E-state index in [9.17, 15) is 9.59 Å². The van der Waals surface area contributed by atoms with Gasteiger partial charge in [-0.2, -0.15) is 0 Å². The second-order valence-corrected chi connectivity index (χ2v) is 9.40. The summed E-state index contributed by atoms with van der Waals surface area (Å²) in [7, 11) is 1.96. The van der Waals surface area contributed by atoms with Gasteiger partial charge in [0.2, 0.25) is 11.8 Å². The predicted molar refractivity (Wildman–Crippen MR) is 119 cm³/mol. The van der Waals surface area contributed by atoms with Crippen LogP contribution in [0.5, 0.6) is 0 Å². The molecule has 2 aliphatic heterocycles. The zero-order valence-electron chi connectivity index (χ0n) is 18.5. The first-order chi connectivity index (χ1) is 14.6. The largest absolute Gasteiger partial charge is 0.342 e. The van der Waals surface area contributed by atoms with Gasteiger partial charge in [-0.3, -0.25) is 14.5 Å². The molecule has 2 saturated heterocycles. The Hall–Kier alpha value is -1.88. The summed E-state index contributed by atoms with van der Waals surface area (Å²) in [6.45, 7) is 4.05. The van der Waals surface area contributed by atoms with E-state index >= 15 is 0 Å². The van der Waals surface area contributed by atoms with Crippen molar-refractivity contribution in [3.05, 3.63) is 35.4 Å². The maximum Gasteiger partial charge on any atom is 0.237 e. The van der Waals surface area contributed by atoms with Crippen molar-refractivity contribution in [2.24, 2.45) is 5.92 Å². The molecule has 0 N–H and O–H groups in total. The first-order valence-corrected chi connectivity index (χ1v) is 12.0. The van der Waals surface area contributed by atoms with E-state index in [2.05, 4.69) is 34.1 Å². The second-order valence-electron chi connectivity index (χ2n) is 9.40. The van der Waals surface area contributed by atoms with Crippen molar-refractivity contribution >= 4 is 11.8 Å². The highest BCUT2D eigenvalue weighted by molar-refractivity contribution is 5.80. The summed E-state index contributed by atoms with van der Waals surface area (Å²) >= 11 is 0. The highest BCUT2D eigenvalue weighted by Crippen LogP contribution is 2.33. The van der Waals surface area contributed by atoms with E-state index in [1.165, 1.54) is 24.0 Å². The summed E-state index contributed by atoms with van der Waals surface area (Å²) in [5.41, 5.74) is 2.71. The van der Waals surface area contributed by atoms with Gasteiger partial charge in [0.1, 0.15) is 0 Å². The Morgan fingerprint density at radius 3 is 2.37 bits per heavy atom. The Kier molecular flexibility index (Phi) is 7.08. The lowest BCUT2D eigenvalue weighted by atomic mass is 9.87. The lowest BCUT2D eigenvalue weighted by Crippen LogP contribution is -2.46. The summed E-state index contributed by atoms with van der Waals surface area (Å²) in [4.78, 5) is 32.2. The van der Waals surface area contributed by atoms with Crippen LogP contribution in [0.4, 0.5) is 0 Å². The van der Waals surface area contributed by atoms with Gasteiger partial charge < -0.3 is 9.80 Å². The van der Waals surface area contributed by atoms with Gasteiger partial charge in [-0.25, -0.2) is 0 Å². The minimum atomic E-state index is 0.150. The number of likely N-dealkylation sites (tertiary alicyclic amines) is 2. The SMILES string of the molecule is CN(C(=O)CN1CCC(C(=O)N2CCCCCC2)CC1)C1CCCc2ccccc21. The molecule has 164 valence electrons. The van der Waals surface area contributed by atoms with Gasteiger partial charge >= 0.3 is 0 Å². The second kappa shape index (κ2) is 9.95. The molecule has 2 amide bonds. The zero-order valence-corrected chi connectivity index (χ0v) is 18.5. The monoisotopic (exact) mass is 411 g/mol. The highest BCUT2D eigenvalue weighted by Gasteiger charge is 2.31. The molecule has 1 atom stereocenters. The van der Waals surface area contributed by atoms with Crippen molar-refractivity contribution in [3.63, 3.8) is 0 Å². The number of carbonyl (C=O) groups is 2. The number of hydrogen-bond donors (Lipinski definition) is 0. The Bertz CT molecular complexity index is 734. The van der Waals surface area contributed by atoms with Crippen molar-refractivity contribution in [1.82, 2.24) is 14.7 Å². The van der Waals surface area contributed by atoms with E-state index in [0.29, 0.717) is 12.5 Å². The fraction of sp³-hybridized carbons (Fsp3) is 0.680. The Morgan fingerprint density at radius 2 is 1.63 bits per heavy atom. The van der Waals surface area contributed by atoms with E-state index in [0.717, 1.165) is 71.1 Å². The fourth-order valence-electron chi connectivity index (χ4n) is 5.49. The minimum absolute atomic E-state index is 0.150. The molecular weight excluding hydrogens is 374 g/mol. The first kappa shape index (κ1) is 21.4. The van der Waals surface area contributed by atoms with Gasteiger partial charge in [-0.15, -0.1) is 0 Å². The highest BCUT2D eigenvalue weighted by atomic mass is 16.2. The lowest BCUT2D eigenvalue weighted by Gasteiger charge is -2.37. The molecule has 0 saturated carbocycles. The van der Waals surface area contributed by atoms with Crippen LogP contribution in [-0.2, 0) is 16.0 Å². The number of nitrogens with zero attached hydrogens (tertiary/aromatic N) is 3. The normalized spacial score (nSPS) is 23.5. The third-order valence-electron chi connectivity index (χ3n) is 7.41. The van der Waals surface area contributed by atoms with Gasteiger partial charge in [0.15, 0.2) is 0 Å². The van der Waals surface area contributed by atoms with E-state index in [1.807, 2.05) is 11.9 Å². The summed E-state index contributed by atoms with van der Waals surface area (Å²) in [6, 6.07) is 8.76. The van der Waals surface area contributed by atoms with Crippen molar-refractivity contribution in [3.8, 4) is 0 Å². The van der Waals surface area contributed by atoms with E-state index in [1.54, 1.807) is 0 Å². The first-order valence-electron chi connectivity index (χ1n) is 12.0. The summed E-state index contributed by atoms with van der Waals surface area (Å²) < 4.78 is 0. The van der Waals surface area contributed by atoms with Crippen LogP contribution in [0.3, 0.4) is 0 Å². The van der Waals surface area contributed by atoms with Crippen molar-refractivity contribution in [2.75, 3.05) is 39.8 Å². The van der Waals surface area contributed by atoms with Gasteiger partial charge in [0.05, 0.1) is 12.6 Å². The maximum atomic E-state index is 13.0. The van der Waals surface area contributed by atoms with Gasteiger partial charge in [-0.1, -0.05) is 37.1 Å². The third-order valence-corrected chi connectivity index (χ3v) is 7.41. The van der Waals surface area contributed by atoms with Gasteiger partial charge in [0.25, 0.3) is 0 Å². The van der Waals surface area contributed by atoms with E-state index in [4.69, 9.17) is 0 Å². The number of aryl methyl sites for hydroxylation is 1. The number of carbonyl (C=O) groups excluding carboxylic acids is 2. The van der Waals surface area contributed by atoms with Crippen LogP contribution in [0.2, 0.25) is 0 Å². The van der Waals surface area contributed by atoms with Crippen molar-refractivity contribution < 1.29 is 9.59 Å². The summed E-state index contributed by atoms with van der Waals surface area (Å²) in [5, 5.41) is 0. The predicted octanol–water partition coefficient (Wildman–Crippen LogP) is 3.64. The van der Waals surface area contributed by atoms with Crippen LogP contribution in [0.15, 0.2) is 24.3 Å². The standard InChI is InChI=1S/C25H37N3O2/c1-26(23-12-8-10-20-9-4-5-11-22(20)23)24(29)19-27-17-13-21(14-18-27)25(30)28-15-6-2-3-7-16-28/h4-5,9,11,21,23H,2-3,6-8,10,12-19H2,1H3. The van der Waals surface area contributed by atoms with Crippen molar-refractivity contribution in [2.45, 2.75) is 63.8 Å². The van der Waals surface area contributed by atoms with Gasteiger partial charge in [0, 0.05) is 26.1 Å². The fourth-order valence-corrected chi connectivity index (χ4v) is 5.49. The lowest BCUT2D eigenvalue weighted by molar-refractivity contribution is -0.137. The molecule has 5 nitrogen and oxygen atoms in total. The van der Waals surface area contributed by atoms with Crippen LogP contribution < -0.4 is 0 Å². The summed E-state index contributed by atoms with van der Waals surface area (Å²) in [5.74, 6) is 0.713. The molecule has 3 aliphatic rings. The maximum absolute atomic E-state index is 13.0. The number of benzene rings is 1. The Labute approximate surface area is 181 Å². The molecule has 1 aliphatic carbocycles. The number of rotatable bonds is 4. The molecule has 0 radical (unpaired) electrons. The Balaban J connectivity index is 1.28. The van der Waals surface area contributed by atoms with Crippen LogP contribution in [0.25, 0.3) is 0 Å². The molecule has 4 rings (SSSR count). The zero-order chi connectivity index (χ0) is 20.9. The number of piperidine rings is 1. The Morgan fingerprint density at radius 1 is 0.933 bits per heavy atom. The van der Waals surface area contributed by atoms with Crippen LogP contribution in [-0.4, -0.2) is 66.3 Å². The topological polar surface area (TPSA) is 43.9 Å². The summed E-state index contributed by atoms with van der Waals surface area (Å²) in [6.07, 6.45) is 9.89. The molecule has 2 fully saturated rings. The van der Waals surface area contributed by atoms with Crippen LogP contribution >= 0.6 is 0 Å². The quantitative estimate of drug-likeness (QED) is 0.760. The van der Waals surface area contributed by atoms with E-state index < -0.39 is 0 Å². The smallest absolute Gasteiger partial charge is 0.237 e. The molecule has 1 aromatic rings. The molecule has 0 spiro atoms. The molecule has 1 unspecified atom stereocenters. The number of hydrogen-bond acceptors (Lipinski definition) is 3. The minimum Gasteiger partial charge on any atom is -0.342 e. The molecular formula is C25H37N3O2. The van der Waals surface area contributed by atoms with Gasteiger partial charge in [-0.05, 0) is 69.2 Å². The molecule has 0 bridgehead atoms. The average molecular weight is 412 g/mol. The molecule has 1 aromatic carbocycles. The molecule has 0 aromatic heterocycles. The number of fused-ring (bicyclic) bond motifs is 1.